The molecule has 0 bridgehead atoms. The van der Waals surface area contributed by atoms with E-state index in [1.165, 1.54) is 11.1 Å². The number of nitrogens with one attached hydrogen (secondary N) is 1. The lowest BCUT2D eigenvalue weighted by Gasteiger charge is -2.40. The molecule has 1 aliphatic heterocycles. The minimum Gasteiger partial charge on any atom is -0.444 e. The molecular weight excluding hydrogens is 492 g/mol. The van der Waals surface area contributed by atoms with Gasteiger partial charge in [-0.2, -0.15) is 0 Å². The Labute approximate surface area is 234 Å². The van der Waals surface area contributed by atoms with Crippen LogP contribution in [0.15, 0.2) is 42.6 Å². The molecule has 0 spiro atoms. The first kappa shape index (κ1) is 30.4. The third-order valence-corrected chi connectivity index (χ3v) is 6.51. The fraction of sp³-hybridized carbons (Fsp3) is 0.581. The number of aryl methyl sites for hydroxylation is 1. The standard InChI is InChI=1S/C31H46N4O4/c1-23-13-12-17-32-27(23)22-34(18-11-10-16-33-28(36)38-30(2,3)4)21-26-19-24-14-8-9-15-25(24)20-35(26)29(37)39-31(5,6)7/h8-9,12-15,17,26H,10-11,16,18-22H2,1-7H3,(H,33,36)/t26-/m1/s1. The number of fused-ring (bicyclic) bond motifs is 1. The Hall–Kier alpha value is -3.13. The molecule has 0 fully saturated rings. The number of pyridine rings is 1. The normalized spacial score (nSPS) is 15.6. The minimum absolute atomic E-state index is 0.0290. The van der Waals surface area contributed by atoms with Crippen LogP contribution in [0.1, 0.15) is 76.8 Å². The number of carbonyl (C=O) groups is 2. The number of amides is 2. The second-order valence-electron chi connectivity index (χ2n) is 12.4. The van der Waals surface area contributed by atoms with Gasteiger partial charge < -0.3 is 14.8 Å². The highest BCUT2D eigenvalue weighted by atomic mass is 16.6. The summed E-state index contributed by atoms with van der Waals surface area (Å²) in [5, 5.41) is 2.85. The number of hydrogen-bond acceptors (Lipinski definition) is 6. The fourth-order valence-electron chi connectivity index (χ4n) is 4.68. The summed E-state index contributed by atoms with van der Waals surface area (Å²) in [5.74, 6) is 0. The number of carbonyl (C=O) groups excluding carboxylic acids is 2. The molecule has 8 nitrogen and oxygen atoms in total. The van der Waals surface area contributed by atoms with Gasteiger partial charge in [0.2, 0.25) is 0 Å². The Balaban J connectivity index is 1.71. The van der Waals surface area contributed by atoms with Crippen LogP contribution in [0, 0.1) is 6.92 Å². The molecule has 39 heavy (non-hydrogen) atoms. The van der Waals surface area contributed by atoms with Crippen LogP contribution in [-0.2, 0) is 29.0 Å². The molecule has 3 rings (SSSR count). The van der Waals surface area contributed by atoms with E-state index >= 15 is 0 Å². The number of hydrogen-bond donors (Lipinski definition) is 1. The number of aromatic nitrogens is 1. The molecule has 0 unspecified atom stereocenters. The Morgan fingerprint density at radius 2 is 1.69 bits per heavy atom. The quantitative estimate of drug-likeness (QED) is 0.403. The van der Waals surface area contributed by atoms with Gasteiger partial charge in [-0.25, -0.2) is 9.59 Å². The molecule has 2 aromatic rings. The van der Waals surface area contributed by atoms with E-state index in [2.05, 4.69) is 46.4 Å². The monoisotopic (exact) mass is 538 g/mol. The molecule has 2 amide bonds. The van der Waals surface area contributed by atoms with Gasteiger partial charge >= 0.3 is 12.2 Å². The number of benzene rings is 1. The van der Waals surface area contributed by atoms with Crippen LogP contribution in [0.25, 0.3) is 0 Å². The molecule has 1 atom stereocenters. The zero-order chi connectivity index (χ0) is 28.6. The average molecular weight is 539 g/mol. The van der Waals surface area contributed by atoms with Crippen LogP contribution in [0.5, 0.6) is 0 Å². The highest BCUT2D eigenvalue weighted by molar-refractivity contribution is 5.69. The molecule has 214 valence electrons. The van der Waals surface area contributed by atoms with Crippen LogP contribution in [0.4, 0.5) is 9.59 Å². The second-order valence-corrected chi connectivity index (χ2v) is 12.4. The zero-order valence-electron chi connectivity index (χ0n) is 24.8. The lowest BCUT2D eigenvalue weighted by atomic mass is 9.93. The predicted molar refractivity (Wildman–Crippen MR) is 153 cm³/mol. The Morgan fingerprint density at radius 1 is 1.00 bits per heavy atom. The van der Waals surface area contributed by atoms with Crippen molar-refractivity contribution in [2.24, 2.45) is 0 Å². The third-order valence-electron chi connectivity index (χ3n) is 6.51. The highest BCUT2D eigenvalue weighted by Crippen LogP contribution is 2.26. The van der Waals surface area contributed by atoms with Gasteiger partial charge in [0.1, 0.15) is 11.2 Å². The number of ether oxygens (including phenoxy) is 2. The van der Waals surface area contributed by atoms with Crippen molar-refractivity contribution in [2.45, 2.75) is 98.1 Å². The van der Waals surface area contributed by atoms with Gasteiger partial charge in [-0.3, -0.25) is 14.8 Å². The first-order chi connectivity index (χ1) is 18.3. The van der Waals surface area contributed by atoms with Crippen LogP contribution in [0.2, 0.25) is 0 Å². The van der Waals surface area contributed by atoms with Crippen molar-refractivity contribution in [1.82, 2.24) is 20.1 Å². The van der Waals surface area contributed by atoms with Gasteiger partial charge in [0.15, 0.2) is 0 Å². The van der Waals surface area contributed by atoms with Crippen molar-refractivity contribution in [3.63, 3.8) is 0 Å². The van der Waals surface area contributed by atoms with E-state index in [-0.39, 0.29) is 12.1 Å². The van der Waals surface area contributed by atoms with Gasteiger partial charge in [-0.15, -0.1) is 0 Å². The molecule has 1 aromatic heterocycles. The third kappa shape index (κ3) is 10.2. The number of alkyl carbamates (subject to hydrolysis) is 1. The van der Waals surface area contributed by atoms with Gasteiger partial charge in [0.05, 0.1) is 11.7 Å². The maximum atomic E-state index is 13.3. The topological polar surface area (TPSA) is 84.0 Å². The summed E-state index contributed by atoms with van der Waals surface area (Å²) in [6.07, 6.45) is 3.63. The van der Waals surface area contributed by atoms with Gasteiger partial charge in [-0.05, 0) is 97.0 Å². The van der Waals surface area contributed by atoms with Crippen molar-refractivity contribution in [1.29, 1.82) is 0 Å². The van der Waals surface area contributed by atoms with Gasteiger partial charge in [0, 0.05) is 32.4 Å². The Morgan fingerprint density at radius 3 is 2.36 bits per heavy atom. The van der Waals surface area contributed by atoms with Crippen LogP contribution < -0.4 is 5.32 Å². The summed E-state index contributed by atoms with van der Waals surface area (Å²) in [6.45, 7) is 16.6. The van der Waals surface area contributed by atoms with Crippen molar-refractivity contribution in [2.75, 3.05) is 19.6 Å². The largest absolute Gasteiger partial charge is 0.444 e. The summed E-state index contributed by atoms with van der Waals surface area (Å²) in [7, 11) is 0. The van der Waals surface area contributed by atoms with Gasteiger partial charge in [-0.1, -0.05) is 30.3 Å². The van der Waals surface area contributed by atoms with Crippen LogP contribution >= 0.6 is 0 Å². The molecule has 2 heterocycles. The maximum absolute atomic E-state index is 13.3. The SMILES string of the molecule is Cc1cccnc1CN(CCCCNC(=O)OC(C)(C)C)C[C@H]1Cc2ccccc2CN1C(=O)OC(C)(C)C. The molecular formula is C31H46N4O4. The Bertz CT molecular complexity index is 1110. The molecule has 0 saturated carbocycles. The molecule has 1 aromatic carbocycles. The molecule has 0 saturated heterocycles. The first-order valence-corrected chi connectivity index (χ1v) is 14.0. The van der Waals surface area contributed by atoms with Crippen molar-refractivity contribution in [3.05, 3.63) is 65.0 Å². The van der Waals surface area contributed by atoms with E-state index in [0.717, 1.165) is 37.1 Å². The fourth-order valence-corrected chi connectivity index (χ4v) is 4.68. The molecule has 0 aliphatic carbocycles. The van der Waals surface area contributed by atoms with E-state index in [1.54, 1.807) is 0 Å². The number of unbranched alkanes of at least 4 members (excludes halogenated alkanes) is 1. The lowest BCUT2D eigenvalue weighted by Crippen LogP contribution is -2.51. The summed E-state index contributed by atoms with van der Waals surface area (Å²) in [4.78, 5) is 34.2. The average Bonchev–Trinajstić information content (AvgIpc) is 2.82. The highest BCUT2D eigenvalue weighted by Gasteiger charge is 2.34. The first-order valence-electron chi connectivity index (χ1n) is 14.0. The van der Waals surface area contributed by atoms with Crippen LogP contribution in [-0.4, -0.2) is 63.8 Å². The summed E-state index contributed by atoms with van der Waals surface area (Å²) in [5.41, 5.74) is 3.54. The summed E-state index contributed by atoms with van der Waals surface area (Å²) < 4.78 is 11.2. The summed E-state index contributed by atoms with van der Waals surface area (Å²) >= 11 is 0. The van der Waals surface area contributed by atoms with E-state index in [0.29, 0.717) is 26.2 Å². The predicted octanol–water partition coefficient (Wildman–Crippen LogP) is 5.86. The number of rotatable bonds is 9. The maximum Gasteiger partial charge on any atom is 0.410 e. The van der Waals surface area contributed by atoms with Crippen LogP contribution in [0.3, 0.4) is 0 Å². The second kappa shape index (κ2) is 13.3. The molecule has 0 radical (unpaired) electrons. The van der Waals surface area contributed by atoms with Crippen molar-refractivity contribution < 1.29 is 19.1 Å². The minimum atomic E-state index is -0.565. The number of nitrogens with zero attached hydrogens (tertiary/aromatic N) is 3. The van der Waals surface area contributed by atoms with E-state index in [4.69, 9.17) is 9.47 Å². The molecule has 8 heteroatoms. The van der Waals surface area contributed by atoms with E-state index in [9.17, 15) is 9.59 Å². The van der Waals surface area contributed by atoms with E-state index < -0.39 is 17.3 Å². The van der Waals surface area contributed by atoms with Crippen molar-refractivity contribution >= 4 is 12.2 Å². The zero-order valence-corrected chi connectivity index (χ0v) is 24.8. The smallest absolute Gasteiger partial charge is 0.410 e. The lowest BCUT2D eigenvalue weighted by molar-refractivity contribution is 0.00707. The summed E-state index contributed by atoms with van der Waals surface area (Å²) in [6, 6.07) is 12.3. The van der Waals surface area contributed by atoms with E-state index in [1.807, 2.05) is 64.8 Å². The van der Waals surface area contributed by atoms with Crippen molar-refractivity contribution in [3.8, 4) is 0 Å². The Kier molecular flexibility index (Phi) is 10.4. The molecule has 1 N–H and O–H groups in total. The molecule has 1 aliphatic rings. The van der Waals surface area contributed by atoms with Gasteiger partial charge in [0.25, 0.3) is 0 Å².